The van der Waals surface area contributed by atoms with E-state index >= 15 is 0 Å². The third kappa shape index (κ3) is 2.10. The molecule has 3 heteroatoms. The van der Waals surface area contributed by atoms with Gasteiger partial charge in [-0.3, -0.25) is 4.79 Å². The van der Waals surface area contributed by atoms with Gasteiger partial charge in [-0.15, -0.1) is 0 Å². The van der Waals surface area contributed by atoms with E-state index in [1.165, 1.54) is 32.1 Å². The quantitative estimate of drug-likeness (QED) is 0.804. The lowest BCUT2D eigenvalue weighted by molar-refractivity contribution is -0.126. The molecule has 1 heterocycles. The summed E-state index contributed by atoms with van der Waals surface area (Å²) in [7, 11) is 0. The molecule has 0 radical (unpaired) electrons. The van der Waals surface area contributed by atoms with Crippen LogP contribution in [0.3, 0.4) is 0 Å². The molecular weight excluding hydrogens is 236 g/mol. The standard InChI is InChI=1S/C16H28N2O/c1-15(2)11-7-8-16(3,10-11)14(15)18-13(19)12-6-4-5-9-17-12/h11-12,14,17H,4-10H2,1-3H3,(H,18,19)/t11?,12-,14?,16?/m1/s1. The average molecular weight is 264 g/mol. The van der Waals surface area contributed by atoms with Gasteiger partial charge in [-0.25, -0.2) is 0 Å². The second-order valence-corrected chi connectivity index (χ2v) is 7.86. The van der Waals surface area contributed by atoms with Gasteiger partial charge in [0, 0.05) is 6.04 Å². The molecule has 1 aliphatic heterocycles. The molecule has 3 rings (SSSR count). The molecule has 1 saturated heterocycles. The minimum Gasteiger partial charge on any atom is -0.351 e. The normalized spacial score (nSPS) is 44.3. The smallest absolute Gasteiger partial charge is 0.237 e. The summed E-state index contributed by atoms with van der Waals surface area (Å²) in [6.45, 7) is 8.07. The fourth-order valence-electron chi connectivity index (χ4n) is 4.98. The van der Waals surface area contributed by atoms with Gasteiger partial charge in [0.2, 0.25) is 5.91 Å². The zero-order valence-electron chi connectivity index (χ0n) is 12.6. The van der Waals surface area contributed by atoms with Gasteiger partial charge in [-0.2, -0.15) is 0 Å². The van der Waals surface area contributed by atoms with Crippen LogP contribution in [-0.4, -0.2) is 24.5 Å². The second-order valence-electron chi connectivity index (χ2n) is 7.86. The van der Waals surface area contributed by atoms with Crippen molar-refractivity contribution in [2.24, 2.45) is 16.7 Å². The Morgan fingerprint density at radius 3 is 2.58 bits per heavy atom. The highest BCUT2D eigenvalue weighted by Crippen LogP contribution is 2.62. The van der Waals surface area contributed by atoms with Gasteiger partial charge >= 0.3 is 0 Å². The molecule has 2 bridgehead atoms. The number of carbonyl (C=O) groups excluding carboxylic acids is 1. The van der Waals surface area contributed by atoms with Crippen LogP contribution in [0.15, 0.2) is 0 Å². The number of rotatable bonds is 2. The van der Waals surface area contributed by atoms with Crippen molar-refractivity contribution < 1.29 is 4.79 Å². The molecule has 0 spiro atoms. The largest absolute Gasteiger partial charge is 0.351 e. The van der Waals surface area contributed by atoms with Crippen molar-refractivity contribution in [3.63, 3.8) is 0 Å². The Labute approximate surface area is 116 Å². The van der Waals surface area contributed by atoms with Crippen LogP contribution in [0, 0.1) is 16.7 Å². The van der Waals surface area contributed by atoms with Crippen LogP contribution in [-0.2, 0) is 4.79 Å². The second kappa shape index (κ2) is 4.47. The summed E-state index contributed by atoms with van der Waals surface area (Å²) in [5.74, 6) is 1.04. The maximum atomic E-state index is 12.5. The van der Waals surface area contributed by atoms with E-state index in [2.05, 4.69) is 31.4 Å². The third-order valence-corrected chi connectivity index (χ3v) is 6.18. The van der Waals surface area contributed by atoms with E-state index < -0.39 is 0 Å². The van der Waals surface area contributed by atoms with Gasteiger partial charge in [0.25, 0.3) is 0 Å². The fourth-order valence-corrected chi connectivity index (χ4v) is 4.98. The summed E-state index contributed by atoms with van der Waals surface area (Å²) in [6.07, 6.45) is 7.31. The zero-order valence-corrected chi connectivity index (χ0v) is 12.6. The maximum absolute atomic E-state index is 12.5. The Morgan fingerprint density at radius 1 is 1.21 bits per heavy atom. The molecule has 19 heavy (non-hydrogen) atoms. The zero-order chi connectivity index (χ0) is 13.7. The Kier molecular flexibility index (Phi) is 3.16. The van der Waals surface area contributed by atoms with Gasteiger partial charge in [0.15, 0.2) is 0 Å². The van der Waals surface area contributed by atoms with E-state index in [4.69, 9.17) is 0 Å². The lowest BCUT2D eigenvalue weighted by Gasteiger charge is -2.43. The molecule has 4 atom stereocenters. The summed E-state index contributed by atoms with van der Waals surface area (Å²) in [5.41, 5.74) is 0.593. The molecular formula is C16H28N2O. The van der Waals surface area contributed by atoms with E-state index in [9.17, 15) is 4.79 Å². The number of piperidine rings is 1. The molecule has 2 saturated carbocycles. The Morgan fingerprint density at radius 2 is 2.00 bits per heavy atom. The molecule has 108 valence electrons. The molecule has 0 aromatic heterocycles. The Hall–Kier alpha value is -0.570. The fraction of sp³-hybridized carbons (Fsp3) is 0.938. The van der Waals surface area contributed by atoms with Gasteiger partial charge < -0.3 is 10.6 Å². The first-order valence-electron chi connectivity index (χ1n) is 7.97. The van der Waals surface area contributed by atoms with Crippen molar-refractivity contribution in [3.8, 4) is 0 Å². The van der Waals surface area contributed by atoms with E-state index in [0.29, 0.717) is 11.5 Å². The van der Waals surface area contributed by atoms with E-state index in [-0.39, 0.29) is 17.4 Å². The summed E-state index contributed by atoms with van der Waals surface area (Å²) in [6, 6.07) is 0.405. The number of hydrogen-bond acceptors (Lipinski definition) is 2. The number of amides is 1. The molecule has 0 aromatic carbocycles. The van der Waals surface area contributed by atoms with Crippen LogP contribution in [0.5, 0.6) is 0 Å². The maximum Gasteiger partial charge on any atom is 0.237 e. The molecule has 3 aliphatic rings. The number of fused-ring (bicyclic) bond motifs is 2. The number of carbonyl (C=O) groups is 1. The first kappa shape index (κ1) is 13.4. The molecule has 3 unspecified atom stereocenters. The van der Waals surface area contributed by atoms with Crippen molar-refractivity contribution >= 4 is 5.91 Å². The van der Waals surface area contributed by atoms with Crippen LogP contribution in [0.25, 0.3) is 0 Å². The van der Waals surface area contributed by atoms with Crippen LogP contribution in [0.2, 0.25) is 0 Å². The number of hydrogen-bond donors (Lipinski definition) is 2. The predicted molar refractivity (Wildman–Crippen MR) is 76.8 cm³/mol. The SMILES string of the molecule is CC12CCC(C1)C(C)(C)C2NC(=O)[C@H]1CCCCN1. The summed E-state index contributed by atoms with van der Waals surface area (Å²) >= 11 is 0. The minimum absolute atomic E-state index is 0.0484. The molecule has 1 amide bonds. The predicted octanol–water partition coefficient (Wildman–Crippen LogP) is 2.46. The lowest BCUT2D eigenvalue weighted by atomic mass is 9.68. The first-order chi connectivity index (χ1) is 8.93. The number of nitrogens with one attached hydrogen (secondary N) is 2. The minimum atomic E-state index is 0.0484. The van der Waals surface area contributed by atoms with E-state index in [0.717, 1.165) is 18.9 Å². The summed E-state index contributed by atoms with van der Waals surface area (Å²) < 4.78 is 0. The van der Waals surface area contributed by atoms with Crippen molar-refractivity contribution in [3.05, 3.63) is 0 Å². The van der Waals surface area contributed by atoms with Crippen LogP contribution in [0.1, 0.15) is 59.3 Å². The Bertz CT molecular complexity index is 368. The summed E-state index contributed by atoms with van der Waals surface area (Å²) in [4.78, 5) is 12.5. The molecule has 2 N–H and O–H groups in total. The lowest BCUT2D eigenvalue weighted by Crippen LogP contribution is -2.57. The van der Waals surface area contributed by atoms with Gasteiger partial charge in [-0.1, -0.05) is 27.2 Å². The van der Waals surface area contributed by atoms with Crippen molar-refractivity contribution in [2.75, 3.05) is 6.54 Å². The van der Waals surface area contributed by atoms with Crippen LogP contribution >= 0.6 is 0 Å². The highest BCUT2D eigenvalue weighted by Gasteiger charge is 2.59. The van der Waals surface area contributed by atoms with E-state index in [1.807, 2.05) is 0 Å². The first-order valence-corrected chi connectivity index (χ1v) is 7.97. The molecule has 2 aliphatic carbocycles. The highest BCUT2D eigenvalue weighted by atomic mass is 16.2. The van der Waals surface area contributed by atoms with E-state index in [1.54, 1.807) is 0 Å². The Balaban J connectivity index is 1.70. The third-order valence-electron chi connectivity index (χ3n) is 6.18. The average Bonchev–Trinajstić information content (AvgIpc) is 2.87. The van der Waals surface area contributed by atoms with Gasteiger partial charge in [-0.05, 0) is 55.4 Å². The summed E-state index contributed by atoms with van der Waals surface area (Å²) in [5, 5.41) is 6.77. The van der Waals surface area contributed by atoms with Crippen molar-refractivity contribution in [2.45, 2.75) is 71.4 Å². The van der Waals surface area contributed by atoms with Crippen molar-refractivity contribution in [1.29, 1.82) is 0 Å². The van der Waals surface area contributed by atoms with Gasteiger partial charge in [0.1, 0.15) is 0 Å². The molecule has 3 fully saturated rings. The highest BCUT2D eigenvalue weighted by molar-refractivity contribution is 5.82. The van der Waals surface area contributed by atoms with Gasteiger partial charge in [0.05, 0.1) is 6.04 Å². The van der Waals surface area contributed by atoms with Crippen LogP contribution < -0.4 is 10.6 Å². The topological polar surface area (TPSA) is 41.1 Å². The van der Waals surface area contributed by atoms with Crippen molar-refractivity contribution in [1.82, 2.24) is 10.6 Å². The van der Waals surface area contributed by atoms with Crippen LogP contribution in [0.4, 0.5) is 0 Å². The molecule has 3 nitrogen and oxygen atoms in total. The molecule has 0 aromatic rings. The monoisotopic (exact) mass is 264 g/mol.